The molecule has 0 spiro atoms. The Morgan fingerprint density at radius 2 is 1.11 bits per heavy atom. The van der Waals surface area contributed by atoms with Gasteiger partial charge in [0.25, 0.3) is 0 Å². The van der Waals surface area contributed by atoms with Crippen LogP contribution in [0.2, 0.25) is 0 Å². The van der Waals surface area contributed by atoms with Gasteiger partial charge in [0, 0.05) is 26.2 Å². The highest BCUT2D eigenvalue weighted by molar-refractivity contribution is 4.40. The van der Waals surface area contributed by atoms with E-state index in [0.29, 0.717) is 0 Å². The average Bonchev–Trinajstić information content (AvgIpc) is 2.40. The minimum atomic E-state index is 0.951. The van der Waals surface area contributed by atoms with Crippen molar-refractivity contribution in [2.24, 2.45) is 11.7 Å². The molecule has 7 N–H and O–H groups in total. The van der Waals surface area contributed by atoms with Crippen LogP contribution in [0.1, 0.15) is 34.1 Å². The summed E-state index contributed by atoms with van der Waals surface area (Å²) in [6, 6.07) is 0. The third-order valence-electron chi connectivity index (χ3n) is 2.00. The molecular formula is C11H35N7. The third-order valence-corrected chi connectivity index (χ3v) is 2.00. The monoisotopic (exact) mass is 265 g/mol. The zero-order valence-corrected chi connectivity index (χ0v) is 13.1. The Bertz CT molecular complexity index is 110. The molecule has 18 heavy (non-hydrogen) atoms. The summed E-state index contributed by atoms with van der Waals surface area (Å²) in [5.41, 5.74) is 5.12. The topological polar surface area (TPSA) is 94.6 Å². The first-order valence-electron chi connectivity index (χ1n) is 6.62. The molecule has 0 bridgehead atoms. The molecule has 0 amide bonds. The molecule has 0 aromatic heterocycles. The summed E-state index contributed by atoms with van der Waals surface area (Å²) in [7, 11) is 3.75. The summed E-state index contributed by atoms with van der Waals surface area (Å²) in [4.78, 5) is 0. The first kappa shape index (κ1) is 22.9. The second kappa shape index (κ2) is 21.9. The van der Waals surface area contributed by atoms with Crippen molar-refractivity contribution in [1.82, 2.24) is 26.4 Å². The number of hydrogen-bond acceptors (Lipinski definition) is 7. The van der Waals surface area contributed by atoms with Crippen molar-refractivity contribution in [3.05, 3.63) is 0 Å². The highest BCUT2D eigenvalue weighted by atomic mass is 15.6. The van der Waals surface area contributed by atoms with Crippen LogP contribution in [0.25, 0.3) is 0 Å². The lowest BCUT2D eigenvalue weighted by molar-refractivity contribution is 0.201. The molecule has 0 aromatic rings. The Morgan fingerprint density at radius 3 is 1.17 bits per heavy atom. The van der Waals surface area contributed by atoms with Gasteiger partial charge < -0.3 is 5.32 Å². The first-order chi connectivity index (χ1) is 8.61. The van der Waals surface area contributed by atoms with Gasteiger partial charge in [0.15, 0.2) is 0 Å². The van der Waals surface area contributed by atoms with Crippen molar-refractivity contribution in [1.29, 1.82) is 0 Å². The SMILES string of the molecule is CCCN(CC)NN.CCN(CC)NN.CNC. The van der Waals surface area contributed by atoms with Crippen molar-refractivity contribution >= 4 is 0 Å². The molecule has 0 unspecified atom stereocenters. The molecule has 0 aromatic carbocycles. The van der Waals surface area contributed by atoms with E-state index < -0.39 is 0 Å². The van der Waals surface area contributed by atoms with E-state index in [1.807, 2.05) is 38.0 Å². The summed E-state index contributed by atoms with van der Waals surface area (Å²) in [5.74, 6) is 10.2. The Hall–Kier alpha value is -0.280. The lowest BCUT2D eigenvalue weighted by Gasteiger charge is -2.16. The number of rotatable bonds is 7. The van der Waals surface area contributed by atoms with Crippen LogP contribution in [-0.2, 0) is 0 Å². The van der Waals surface area contributed by atoms with Crippen molar-refractivity contribution in [3.63, 3.8) is 0 Å². The maximum absolute atomic E-state index is 5.15. The lowest BCUT2D eigenvalue weighted by atomic mass is 10.5. The van der Waals surface area contributed by atoms with Gasteiger partial charge in [-0.3, -0.25) is 11.7 Å². The summed E-state index contributed by atoms with van der Waals surface area (Å²) < 4.78 is 0. The molecule has 0 saturated heterocycles. The van der Waals surface area contributed by atoms with E-state index in [2.05, 4.69) is 30.2 Å². The molecule has 0 saturated carbocycles. The molecule has 0 heterocycles. The molecular weight excluding hydrogens is 230 g/mol. The first-order valence-corrected chi connectivity index (χ1v) is 6.62. The fourth-order valence-electron chi connectivity index (χ4n) is 0.990. The minimum absolute atomic E-state index is 0.951. The lowest BCUT2D eigenvalue weighted by Crippen LogP contribution is -2.42. The van der Waals surface area contributed by atoms with E-state index in [0.717, 1.165) is 32.6 Å². The van der Waals surface area contributed by atoms with E-state index in [9.17, 15) is 0 Å². The fraction of sp³-hybridized carbons (Fsp3) is 1.00. The number of nitrogens with two attached hydrogens (primary N) is 2. The van der Waals surface area contributed by atoms with Crippen molar-refractivity contribution in [2.75, 3.05) is 40.3 Å². The Morgan fingerprint density at radius 1 is 0.778 bits per heavy atom. The zero-order chi connectivity index (χ0) is 14.8. The second-order valence-corrected chi connectivity index (χ2v) is 3.51. The standard InChI is InChI=1S/C5H15N3.C4H13N3.C2H7N/c1-3-5-8(4-2)7-6;1-3-7(4-2)6-5;1-3-2/h7H,3-6H2,1-2H3;6H,3-5H2,1-2H3;3H,1-2H3. The molecule has 0 aliphatic rings. The van der Waals surface area contributed by atoms with Gasteiger partial charge in [-0.2, -0.15) is 11.1 Å². The normalized spacial score (nSPS) is 9.67. The van der Waals surface area contributed by atoms with Gasteiger partial charge in [0.1, 0.15) is 0 Å². The molecule has 0 aliphatic carbocycles. The van der Waals surface area contributed by atoms with Crippen LogP contribution in [0, 0.1) is 0 Å². The van der Waals surface area contributed by atoms with E-state index in [1.54, 1.807) is 0 Å². The number of nitrogens with zero attached hydrogens (tertiary/aromatic N) is 2. The molecule has 0 atom stereocenters. The molecule has 0 rings (SSSR count). The molecule has 7 heteroatoms. The zero-order valence-electron chi connectivity index (χ0n) is 13.1. The van der Waals surface area contributed by atoms with Gasteiger partial charge >= 0.3 is 0 Å². The second-order valence-electron chi connectivity index (χ2n) is 3.51. The van der Waals surface area contributed by atoms with Crippen molar-refractivity contribution in [2.45, 2.75) is 34.1 Å². The number of hydrogen-bond donors (Lipinski definition) is 5. The van der Waals surface area contributed by atoms with Gasteiger partial charge in [0.2, 0.25) is 0 Å². The summed E-state index contributed by atoms with van der Waals surface area (Å²) in [5, 5.41) is 6.61. The quantitative estimate of drug-likeness (QED) is 0.317. The van der Waals surface area contributed by atoms with Gasteiger partial charge in [-0.05, 0) is 20.5 Å². The van der Waals surface area contributed by atoms with E-state index in [-0.39, 0.29) is 0 Å². The molecule has 0 fully saturated rings. The van der Waals surface area contributed by atoms with Gasteiger partial charge in [-0.25, -0.2) is 10.0 Å². The maximum atomic E-state index is 5.15. The van der Waals surface area contributed by atoms with Gasteiger partial charge in [-0.15, -0.1) is 0 Å². The number of nitrogens with one attached hydrogen (secondary N) is 3. The predicted molar refractivity (Wildman–Crippen MR) is 80.1 cm³/mol. The van der Waals surface area contributed by atoms with Gasteiger partial charge in [-0.1, -0.05) is 27.7 Å². The summed E-state index contributed by atoms with van der Waals surface area (Å²) in [6.07, 6.45) is 1.14. The summed E-state index contributed by atoms with van der Waals surface area (Å²) >= 11 is 0. The van der Waals surface area contributed by atoms with Crippen LogP contribution < -0.4 is 28.1 Å². The van der Waals surface area contributed by atoms with Crippen LogP contribution in [0.15, 0.2) is 0 Å². The van der Waals surface area contributed by atoms with Crippen LogP contribution in [-0.4, -0.2) is 50.3 Å². The van der Waals surface area contributed by atoms with Gasteiger partial charge in [0.05, 0.1) is 0 Å². The Labute approximate surface area is 113 Å². The van der Waals surface area contributed by atoms with Crippen molar-refractivity contribution < 1.29 is 0 Å². The number of hydrazine groups is 4. The highest BCUT2D eigenvalue weighted by Crippen LogP contribution is 1.81. The summed E-state index contributed by atoms with van der Waals surface area (Å²) in [6.45, 7) is 12.2. The van der Waals surface area contributed by atoms with E-state index >= 15 is 0 Å². The maximum Gasteiger partial charge on any atom is 0.0141 e. The van der Waals surface area contributed by atoms with Crippen LogP contribution in [0.5, 0.6) is 0 Å². The molecule has 7 nitrogen and oxygen atoms in total. The minimum Gasteiger partial charge on any atom is -0.323 e. The van der Waals surface area contributed by atoms with E-state index in [4.69, 9.17) is 11.7 Å². The Kier molecular flexibility index (Phi) is 27.9. The van der Waals surface area contributed by atoms with Crippen LogP contribution in [0.4, 0.5) is 0 Å². The predicted octanol–water partition coefficient (Wildman–Crippen LogP) is -0.361. The average molecular weight is 265 g/mol. The van der Waals surface area contributed by atoms with Crippen LogP contribution >= 0.6 is 0 Å². The largest absolute Gasteiger partial charge is 0.323 e. The molecule has 114 valence electrons. The van der Waals surface area contributed by atoms with Crippen molar-refractivity contribution in [3.8, 4) is 0 Å². The molecule has 0 aliphatic heterocycles. The molecule has 0 radical (unpaired) electrons. The Balaban J connectivity index is -0.000000207. The van der Waals surface area contributed by atoms with Crippen LogP contribution in [0.3, 0.4) is 0 Å². The smallest absolute Gasteiger partial charge is 0.0141 e. The fourth-order valence-corrected chi connectivity index (χ4v) is 0.990. The third kappa shape index (κ3) is 21.1. The highest BCUT2D eigenvalue weighted by Gasteiger charge is 1.92. The van der Waals surface area contributed by atoms with E-state index in [1.165, 1.54) is 0 Å².